The molecule has 0 radical (unpaired) electrons. The summed E-state index contributed by atoms with van der Waals surface area (Å²) in [7, 11) is 4.48. The second kappa shape index (κ2) is 15.3. The monoisotopic (exact) mass is 606 g/mol. The molecule has 0 aliphatic carbocycles. The van der Waals surface area contributed by atoms with Crippen molar-refractivity contribution in [2.75, 3.05) is 52.4 Å². The number of ether oxygens (including phenoxy) is 2. The van der Waals surface area contributed by atoms with E-state index in [1.165, 1.54) is 55.3 Å². The summed E-state index contributed by atoms with van der Waals surface area (Å²) < 4.78 is 40.2. The number of aliphatic hydroxyl groups is 1. The van der Waals surface area contributed by atoms with Crippen molar-refractivity contribution >= 4 is 29.1 Å². The van der Waals surface area contributed by atoms with Gasteiger partial charge in [0.2, 0.25) is 5.82 Å². The molecular weight excluding hydrogens is 574 g/mol. The van der Waals surface area contributed by atoms with E-state index in [1.807, 2.05) is 13.1 Å². The molecule has 0 aliphatic rings. The van der Waals surface area contributed by atoms with Crippen LogP contribution in [0.25, 0.3) is 11.3 Å². The highest BCUT2D eigenvalue weighted by Gasteiger charge is 2.21. The van der Waals surface area contributed by atoms with Gasteiger partial charge in [-0.1, -0.05) is 11.6 Å². The number of nitrogens with one attached hydrogen (secondary N) is 3. The number of aliphatic hydroxyl groups excluding tert-OH is 1. The molecule has 2 amide bonds. The van der Waals surface area contributed by atoms with Crippen molar-refractivity contribution < 1.29 is 33.0 Å². The number of amides is 2. The molecule has 0 aliphatic heterocycles. The first kappa shape index (κ1) is 32.5. The van der Waals surface area contributed by atoms with Gasteiger partial charge in [-0.3, -0.25) is 9.59 Å². The number of carbonyl (C=O) groups excluding carboxylic acids is 2. The quantitative estimate of drug-likeness (QED) is 0.162. The smallest absolute Gasteiger partial charge is 0.291 e. The van der Waals surface area contributed by atoms with Crippen molar-refractivity contribution in [3.63, 3.8) is 0 Å². The van der Waals surface area contributed by atoms with Crippen LogP contribution in [0.2, 0.25) is 5.02 Å². The van der Waals surface area contributed by atoms with Crippen LogP contribution < -0.4 is 20.8 Å². The predicted octanol–water partition coefficient (Wildman–Crippen LogP) is 3.36. The molecule has 226 valence electrons. The minimum absolute atomic E-state index is 0.0434. The van der Waals surface area contributed by atoms with Crippen LogP contribution in [0.1, 0.15) is 27.9 Å². The van der Waals surface area contributed by atoms with Gasteiger partial charge >= 0.3 is 0 Å². The van der Waals surface area contributed by atoms with Gasteiger partial charge < -0.3 is 34.8 Å². The van der Waals surface area contributed by atoms with E-state index >= 15 is 0 Å². The highest BCUT2D eigenvalue weighted by Crippen LogP contribution is 2.30. The van der Waals surface area contributed by atoms with E-state index < -0.39 is 23.4 Å². The van der Waals surface area contributed by atoms with Gasteiger partial charge in [-0.2, -0.15) is 4.39 Å². The number of hydrazine groups is 1. The van der Waals surface area contributed by atoms with Crippen molar-refractivity contribution in [2.24, 2.45) is 7.05 Å². The van der Waals surface area contributed by atoms with Crippen LogP contribution in [0.4, 0.5) is 14.5 Å². The Kier molecular flexibility index (Phi) is 11.8. The van der Waals surface area contributed by atoms with Crippen LogP contribution in [0, 0.1) is 11.6 Å². The van der Waals surface area contributed by atoms with Crippen LogP contribution in [0.3, 0.4) is 0 Å². The number of imidazole rings is 1. The number of halogens is 3. The van der Waals surface area contributed by atoms with E-state index in [4.69, 9.17) is 26.2 Å². The lowest BCUT2D eigenvalue weighted by Crippen LogP contribution is -2.34. The standard InChI is InChI=1S/C28H33ClF2N6O5/c1-17(16-37(32-2)9-11-42-12-10-38)14-34-27(39)19-6-5-18(13-21(19)29)35-28(40)26-33-15-22(36(26)3)20-7-8-23(41-4)25(31)24(20)30/h5-8,13,15-16,32,38H,9-12,14H2,1-4H3,(H,34,39)(H,35,40)/b17-16+. The third-order valence-corrected chi connectivity index (χ3v) is 6.42. The number of carbonyl (C=O) groups is 2. The van der Waals surface area contributed by atoms with Crippen molar-refractivity contribution in [1.29, 1.82) is 0 Å². The second-order valence-corrected chi connectivity index (χ2v) is 9.44. The fourth-order valence-corrected chi connectivity index (χ4v) is 4.19. The first-order valence-electron chi connectivity index (χ1n) is 12.8. The van der Waals surface area contributed by atoms with E-state index in [-0.39, 0.29) is 53.2 Å². The Morgan fingerprint density at radius 2 is 1.93 bits per heavy atom. The topological polar surface area (TPSA) is 130 Å². The van der Waals surface area contributed by atoms with Gasteiger partial charge in [-0.15, -0.1) is 0 Å². The molecule has 2 aromatic carbocycles. The number of anilines is 1. The van der Waals surface area contributed by atoms with E-state index in [0.29, 0.717) is 18.8 Å². The summed E-state index contributed by atoms with van der Waals surface area (Å²) in [6, 6.07) is 7.04. The minimum Gasteiger partial charge on any atom is -0.494 e. The number of methoxy groups -OCH3 is 1. The minimum atomic E-state index is -1.15. The summed E-state index contributed by atoms with van der Waals surface area (Å²) in [6.45, 7) is 3.28. The van der Waals surface area contributed by atoms with Crippen LogP contribution in [-0.4, -0.2) is 78.5 Å². The Morgan fingerprint density at radius 3 is 2.60 bits per heavy atom. The molecule has 3 rings (SSSR count). The lowest BCUT2D eigenvalue weighted by Gasteiger charge is -2.20. The van der Waals surface area contributed by atoms with E-state index in [2.05, 4.69) is 21.0 Å². The summed E-state index contributed by atoms with van der Waals surface area (Å²) in [4.78, 5) is 29.7. The van der Waals surface area contributed by atoms with Gasteiger partial charge in [0.1, 0.15) is 0 Å². The lowest BCUT2D eigenvalue weighted by atomic mass is 10.1. The van der Waals surface area contributed by atoms with Crippen LogP contribution in [0.5, 0.6) is 5.75 Å². The van der Waals surface area contributed by atoms with E-state index in [0.717, 1.165) is 5.57 Å². The first-order chi connectivity index (χ1) is 20.1. The van der Waals surface area contributed by atoms with Gasteiger partial charge in [-0.05, 0) is 42.8 Å². The van der Waals surface area contributed by atoms with Crippen molar-refractivity contribution in [1.82, 2.24) is 25.3 Å². The first-order valence-corrected chi connectivity index (χ1v) is 13.2. The van der Waals surface area contributed by atoms with Crippen molar-refractivity contribution in [2.45, 2.75) is 6.92 Å². The fourth-order valence-electron chi connectivity index (χ4n) is 3.92. The van der Waals surface area contributed by atoms with Crippen LogP contribution in [0.15, 0.2) is 48.3 Å². The number of hydrogen-bond donors (Lipinski definition) is 4. The van der Waals surface area contributed by atoms with Gasteiger partial charge in [-0.25, -0.2) is 14.8 Å². The summed E-state index contributed by atoms with van der Waals surface area (Å²) in [6.07, 6.45) is 3.09. The maximum Gasteiger partial charge on any atom is 0.291 e. The Labute approximate surface area is 247 Å². The third-order valence-electron chi connectivity index (χ3n) is 6.11. The zero-order valence-electron chi connectivity index (χ0n) is 23.6. The average molecular weight is 607 g/mol. The molecule has 11 nitrogen and oxygen atoms in total. The Morgan fingerprint density at radius 1 is 1.17 bits per heavy atom. The van der Waals surface area contributed by atoms with Gasteiger partial charge in [0.25, 0.3) is 11.8 Å². The molecule has 3 aromatic rings. The molecule has 0 bridgehead atoms. The summed E-state index contributed by atoms with van der Waals surface area (Å²) >= 11 is 6.35. The molecule has 0 saturated heterocycles. The second-order valence-electron chi connectivity index (χ2n) is 9.03. The lowest BCUT2D eigenvalue weighted by molar-refractivity contribution is 0.0753. The van der Waals surface area contributed by atoms with Gasteiger partial charge in [0, 0.05) is 38.1 Å². The van der Waals surface area contributed by atoms with Crippen LogP contribution >= 0.6 is 11.6 Å². The molecule has 14 heteroatoms. The Balaban J connectivity index is 1.63. The number of nitrogens with zero attached hydrogens (tertiary/aromatic N) is 3. The molecule has 0 atom stereocenters. The zero-order chi connectivity index (χ0) is 30.8. The highest BCUT2D eigenvalue weighted by molar-refractivity contribution is 6.34. The highest BCUT2D eigenvalue weighted by atomic mass is 35.5. The molecular formula is C28H33ClF2N6O5. The van der Waals surface area contributed by atoms with E-state index in [1.54, 1.807) is 12.1 Å². The Hall–Kier alpha value is -4.04. The van der Waals surface area contributed by atoms with Gasteiger partial charge in [0.15, 0.2) is 17.4 Å². The molecule has 1 heterocycles. The van der Waals surface area contributed by atoms with E-state index in [9.17, 15) is 18.4 Å². The molecule has 0 unspecified atom stereocenters. The summed E-state index contributed by atoms with van der Waals surface area (Å²) in [5.41, 5.74) is 4.46. The maximum absolute atomic E-state index is 14.6. The SMILES string of the molecule is CNN(/C=C(\C)CNC(=O)c1ccc(NC(=O)c2ncc(-c3ccc(OC)c(F)c3F)n2C)cc1Cl)CCOCCO. The molecule has 1 aromatic heterocycles. The third kappa shape index (κ3) is 8.03. The molecule has 0 fully saturated rings. The largest absolute Gasteiger partial charge is 0.494 e. The van der Waals surface area contributed by atoms with Crippen molar-refractivity contribution in [3.05, 3.63) is 76.3 Å². The Bertz CT molecular complexity index is 1450. The summed E-state index contributed by atoms with van der Waals surface area (Å²) in [5.74, 6) is -3.60. The van der Waals surface area contributed by atoms with Gasteiger partial charge in [0.05, 0.1) is 56.0 Å². The normalized spacial score (nSPS) is 11.4. The molecule has 0 saturated carbocycles. The number of rotatable bonds is 14. The number of aromatic nitrogens is 2. The average Bonchev–Trinajstić information content (AvgIpc) is 3.35. The van der Waals surface area contributed by atoms with Crippen LogP contribution in [-0.2, 0) is 11.8 Å². The molecule has 0 spiro atoms. The molecule has 42 heavy (non-hydrogen) atoms. The summed E-state index contributed by atoms with van der Waals surface area (Å²) in [5, 5.41) is 16.1. The number of benzene rings is 2. The number of hydrogen-bond acceptors (Lipinski definition) is 8. The fraction of sp³-hybridized carbons (Fsp3) is 0.321. The molecule has 4 N–H and O–H groups in total. The maximum atomic E-state index is 14.6. The zero-order valence-corrected chi connectivity index (χ0v) is 24.4. The van der Waals surface area contributed by atoms with Crippen molar-refractivity contribution in [3.8, 4) is 17.0 Å². The predicted molar refractivity (Wildman–Crippen MR) is 154 cm³/mol.